The minimum atomic E-state index is -0.885. The fraction of sp³-hybridized carbons (Fsp3) is 0.381. The average Bonchev–Trinajstić information content (AvgIpc) is 3.01. The highest BCUT2D eigenvalue weighted by atomic mass is 16.7. The maximum Gasteiger partial charge on any atom is 0.306 e. The molecule has 2 aromatic carbocycles. The molecule has 0 heterocycles. The monoisotopic (exact) mass is 356 g/mol. The molecule has 26 heavy (non-hydrogen) atoms. The van der Waals surface area contributed by atoms with Crippen molar-refractivity contribution in [2.45, 2.75) is 38.1 Å². The summed E-state index contributed by atoms with van der Waals surface area (Å²) in [4.78, 5) is 11.0. The number of carbonyl (C=O) groups is 1. The van der Waals surface area contributed by atoms with Gasteiger partial charge in [-0.1, -0.05) is 36.4 Å². The van der Waals surface area contributed by atoms with Crippen LogP contribution < -0.4 is 4.74 Å². The lowest BCUT2D eigenvalue weighted by molar-refractivity contribution is -0.170. The van der Waals surface area contributed by atoms with Crippen molar-refractivity contribution in [3.63, 3.8) is 0 Å². The van der Waals surface area contributed by atoms with Crippen LogP contribution in [0.15, 0.2) is 48.5 Å². The van der Waals surface area contributed by atoms with Crippen LogP contribution in [0.1, 0.15) is 42.6 Å². The molecule has 0 radical (unpaired) electrons. The molecule has 5 heteroatoms. The molecule has 0 fully saturated rings. The largest absolute Gasteiger partial charge is 0.481 e. The van der Waals surface area contributed by atoms with E-state index in [4.69, 9.17) is 19.3 Å². The van der Waals surface area contributed by atoms with Crippen molar-refractivity contribution >= 4 is 5.97 Å². The van der Waals surface area contributed by atoms with Crippen molar-refractivity contribution in [2.24, 2.45) is 0 Å². The van der Waals surface area contributed by atoms with Crippen molar-refractivity contribution in [3.05, 3.63) is 65.2 Å². The first-order valence-corrected chi connectivity index (χ1v) is 8.84. The number of aliphatic carboxylic acids is 1. The van der Waals surface area contributed by atoms with Gasteiger partial charge in [-0.05, 0) is 36.6 Å². The Morgan fingerprint density at radius 2 is 1.92 bits per heavy atom. The standard InChI is InChI=1S/C21H24O5/c1-3-25-19(14-20(22)23)16-8-10-17(11-9-16)26-21(24-2)13-12-15-6-4-5-7-18(15)21/h4-11,19H,3,12-14H2,1-2H3,(H,22,23)/t19-,21-/m0/s1. The minimum absolute atomic E-state index is 0.0660. The Balaban J connectivity index is 1.79. The molecule has 2 aromatic rings. The van der Waals surface area contributed by atoms with E-state index < -0.39 is 17.9 Å². The van der Waals surface area contributed by atoms with E-state index in [2.05, 4.69) is 6.07 Å². The molecule has 0 bridgehead atoms. The summed E-state index contributed by atoms with van der Waals surface area (Å²) in [6.45, 7) is 2.31. The van der Waals surface area contributed by atoms with Crippen molar-refractivity contribution in [1.29, 1.82) is 0 Å². The molecule has 0 aromatic heterocycles. The summed E-state index contributed by atoms with van der Waals surface area (Å²) in [6, 6.07) is 15.5. The topological polar surface area (TPSA) is 65.0 Å². The van der Waals surface area contributed by atoms with Crippen LogP contribution in [0.2, 0.25) is 0 Å². The third-order valence-electron chi connectivity index (χ3n) is 4.74. The van der Waals surface area contributed by atoms with Crippen LogP contribution >= 0.6 is 0 Å². The van der Waals surface area contributed by atoms with Gasteiger partial charge < -0.3 is 19.3 Å². The molecule has 0 saturated carbocycles. The average molecular weight is 356 g/mol. The van der Waals surface area contributed by atoms with Crippen molar-refractivity contribution in [1.82, 2.24) is 0 Å². The van der Waals surface area contributed by atoms with E-state index in [-0.39, 0.29) is 6.42 Å². The van der Waals surface area contributed by atoms with Gasteiger partial charge in [-0.3, -0.25) is 4.79 Å². The second-order valence-electron chi connectivity index (χ2n) is 6.33. The van der Waals surface area contributed by atoms with E-state index in [0.29, 0.717) is 12.4 Å². The summed E-state index contributed by atoms with van der Waals surface area (Å²) in [5.74, 6) is -0.985. The minimum Gasteiger partial charge on any atom is -0.481 e. The number of hydrogen-bond donors (Lipinski definition) is 1. The maximum atomic E-state index is 11.0. The van der Waals surface area contributed by atoms with Crippen molar-refractivity contribution in [3.8, 4) is 5.75 Å². The second kappa shape index (κ2) is 7.89. The van der Waals surface area contributed by atoms with Gasteiger partial charge in [0.25, 0.3) is 0 Å². The first-order valence-electron chi connectivity index (χ1n) is 8.84. The zero-order chi connectivity index (χ0) is 18.6. The van der Waals surface area contributed by atoms with Gasteiger partial charge in [0, 0.05) is 25.7 Å². The summed E-state index contributed by atoms with van der Waals surface area (Å²) in [7, 11) is 1.66. The lowest BCUT2D eigenvalue weighted by Crippen LogP contribution is -2.32. The van der Waals surface area contributed by atoms with Gasteiger partial charge in [0.05, 0.1) is 12.5 Å². The van der Waals surface area contributed by atoms with Gasteiger partial charge in [0.2, 0.25) is 5.79 Å². The zero-order valence-corrected chi connectivity index (χ0v) is 15.1. The predicted molar refractivity (Wildman–Crippen MR) is 97.1 cm³/mol. The molecule has 0 amide bonds. The molecule has 1 aliphatic rings. The Labute approximate surface area is 153 Å². The molecule has 1 N–H and O–H groups in total. The summed E-state index contributed by atoms with van der Waals surface area (Å²) in [5.41, 5.74) is 3.12. The molecule has 3 rings (SSSR count). The number of rotatable bonds is 8. The third kappa shape index (κ3) is 3.74. The van der Waals surface area contributed by atoms with E-state index in [1.807, 2.05) is 49.4 Å². The van der Waals surface area contributed by atoms with Crippen LogP contribution in [-0.4, -0.2) is 24.8 Å². The number of carboxylic acid groups (broad SMARTS) is 1. The van der Waals surface area contributed by atoms with Crippen LogP contribution in [0.25, 0.3) is 0 Å². The van der Waals surface area contributed by atoms with E-state index in [9.17, 15) is 4.79 Å². The number of methoxy groups -OCH3 is 1. The lowest BCUT2D eigenvalue weighted by atomic mass is 10.1. The molecule has 0 spiro atoms. The highest BCUT2D eigenvalue weighted by Crippen LogP contribution is 2.41. The number of aryl methyl sites for hydroxylation is 1. The molecular weight excluding hydrogens is 332 g/mol. The Kier molecular flexibility index (Phi) is 5.59. The van der Waals surface area contributed by atoms with Crippen LogP contribution in [0, 0.1) is 0 Å². The first kappa shape index (κ1) is 18.4. The third-order valence-corrected chi connectivity index (χ3v) is 4.74. The van der Waals surface area contributed by atoms with E-state index in [0.717, 1.165) is 24.0 Å². The van der Waals surface area contributed by atoms with Crippen molar-refractivity contribution in [2.75, 3.05) is 13.7 Å². The Morgan fingerprint density at radius 3 is 2.58 bits per heavy atom. The Bertz CT molecular complexity index is 755. The quantitative estimate of drug-likeness (QED) is 0.723. The fourth-order valence-electron chi connectivity index (χ4n) is 3.48. The van der Waals surface area contributed by atoms with Crippen LogP contribution in [0.3, 0.4) is 0 Å². The smallest absolute Gasteiger partial charge is 0.306 e. The predicted octanol–water partition coefficient (Wildman–Crippen LogP) is 4.06. The number of carboxylic acids is 1. The highest BCUT2D eigenvalue weighted by molar-refractivity contribution is 5.67. The van der Waals surface area contributed by atoms with Gasteiger partial charge in [-0.15, -0.1) is 0 Å². The van der Waals surface area contributed by atoms with E-state index >= 15 is 0 Å². The maximum absolute atomic E-state index is 11.0. The number of fused-ring (bicyclic) bond motifs is 1. The Hall–Kier alpha value is -2.37. The van der Waals surface area contributed by atoms with Gasteiger partial charge in [0.1, 0.15) is 5.75 Å². The molecule has 138 valence electrons. The second-order valence-corrected chi connectivity index (χ2v) is 6.33. The van der Waals surface area contributed by atoms with Crippen LogP contribution in [-0.2, 0) is 26.5 Å². The number of hydrogen-bond acceptors (Lipinski definition) is 4. The highest BCUT2D eigenvalue weighted by Gasteiger charge is 2.41. The van der Waals surface area contributed by atoms with E-state index in [1.165, 1.54) is 5.56 Å². The molecule has 0 unspecified atom stereocenters. The van der Waals surface area contributed by atoms with Crippen LogP contribution in [0.5, 0.6) is 5.75 Å². The van der Waals surface area contributed by atoms with Crippen LogP contribution in [0.4, 0.5) is 0 Å². The summed E-state index contributed by atoms with van der Waals surface area (Å²) < 4.78 is 17.6. The van der Waals surface area contributed by atoms with E-state index in [1.54, 1.807) is 7.11 Å². The lowest BCUT2D eigenvalue weighted by Gasteiger charge is -2.30. The zero-order valence-electron chi connectivity index (χ0n) is 15.1. The summed E-state index contributed by atoms with van der Waals surface area (Å²) in [5, 5.41) is 9.05. The van der Waals surface area contributed by atoms with Gasteiger partial charge in [-0.2, -0.15) is 0 Å². The number of benzene rings is 2. The SMILES string of the molecule is CCO[C@@H](CC(=O)O)c1ccc(O[C@@]2(OC)CCc3ccccc32)cc1. The molecule has 1 aliphatic carbocycles. The van der Waals surface area contributed by atoms with Gasteiger partial charge in [-0.25, -0.2) is 0 Å². The fourth-order valence-corrected chi connectivity index (χ4v) is 3.48. The Morgan fingerprint density at radius 1 is 1.19 bits per heavy atom. The normalized spacial score (nSPS) is 19.8. The van der Waals surface area contributed by atoms with Gasteiger partial charge in [0.15, 0.2) is 0 Å². The molecule has 0 aliphatic heterocycles. The van der Waals surface area contributed by atoms with Crippen molar-refractivity contribution < 1.29 is 24.1 Å². The first-order chi connectivity index (χ1) is 12.6. The molecular formula is C21H24O5. The molecule has 0 saturated heterocycles. The number of ether oxygens (including phenoxy) is 3. The summed E-state index contributed by atoms with van der Waals surface area (Å²) >= 11 is 0. The summed E-state index contributed by atoms with van der Waals surface area (Å²) in [6.07, 6.45) is 1.14. The molecule has 2 atom stereocenters. The van der Waals surface area contributed by atoms with Gasteiger partial charge >= 0.3 is 5.97 Å². The molecule has 5 nitrogen and oxygen atoms in total.